The number of aryl methyl sites for hydroxylation is 1. The molecular formula is C34H44F5N9O2. The van der Waals surface area contributed by atoms with Gasteiger partial charge in [0.1, 0.15) is 34.7 Å². The number of methoxy groups -OCH3 is 1. The van der Waals surface area contributed by atoms with Crippen LogP contribution in [0, 0.1) is 12.7 Å². The fourth-order valence-electron chi connectivity index (χ4n) is 6.84. The van der Waals surface area contributed by atoms with E-state index in [0.717, 1.165) is 19.0 Å². The fourth-order valence-corrected chi connectivity index (χ4v) is 6.84. The highest BCUT2D eigenvalue weighted by Crippen LogP contribution is 2.41. The van der Waals surface area contributed by atoms with Crippen molar-refractivity contribution < 1.29 is 31.5 Å². The summed E-state index contributed by atoms with van der Waals surface area (Å²) in [6.45, 7) is 10.1. The molecule has 11 nitrogen and oxygen atoms in total. The molecule has 272 valence electrons. The minimum atomic E-state index is -4.82. The molecule has 3 atom stereocenters. The van der Waals surface area contributed by atoms with Gasteiger partial charge in [0, 0.05) is 45.0 Å². The number of fused-ring (bicyclic) bond motifs is 2. The average Bonchev–Trinajstić information content (AvgIpc) is 3.80. The van der Waals surface area contributed by atoms with Gasteiger partial charge in [0.05, 0.1) is 18.1 Å². The average molecular weight is 706 g/mol. The number of carbonyl (C=O) groups is 1. The Labute approximate surface area is 288 Å². The first-order valence-electron chi connectivity index (χ1n) is 16.7. The van der Waals surface area contributed by atoms with Crippen LogP contribution in [0.4, 0.5) is 33.6 Å². The minimum Gasteiger partial charge on any atom is -0.467 e. The van der Waals surface area contributed by atoms with E-state index in [1.165, 1.54) is 58.7 Å². The Balaban J connectivity index is 0.000000283. The van der Waals surface area contributed by atoms with E-state index in [-0.39, 0.29) is 46.1 Å². The normalized spacial score (nSPS) is 21.9. The number of nitrogens with two attached hydrogens (primary N) is 1. The topological polar surface area (TPSA) is 117 Å². The summed E-state index contributed by atoms with van der Waals surface area (Å²) in [7, 11) is 5.14. The molecule has 4 aliphatic heterocycles. The Hall–Kier alpha value is -4.18. The molecule has 4 aliphatic rings. The second-order valence-corrected chi connectivity index (χ2v) is 13.1. The summed E-state index contributed by atoms with van der Waals surface area (Å²) in [5.74, 6) is -1.29. The van der Waals surface area contributed by atoms with Crippen molar-refractivity contribution in [3.8, 4) is 17.4 Å². The Morgan fingerprint density at radius 3 is 2.42 bits per heavy atom. The van der Waals surface area contributed by atoms with Crippen molar-refractivity contribution in [2.45, 2.75) is 63.5 Å². The zero-order valence-electron chi connectivity index (χ0n) is 28.8. The number of aromatic nitrogens is 4. The van der Waals surface area contributed by atoms with Gasteiger partial charge in [-0.15, -0.1) is 0 Å². The Kier molecular flexibility index (Phi) is 11.4. The third-order valence-electron chi connectivity index (χ3n) is 9.64. The molecular weight excluding hydrogens is 661 g/mol. The molecule has 3 aromatic heterocycles. The summed E-state index contributed by atoms with van der Waals surface area (Å²) in [5, 5.41) is 0.155. The molecule has 4 saturated heterocycles. The van der Waals surface area contributed by atoms with Crippen LogP contribution in [0.2, 0.25) is 0 Å². The van der Waals surface area contributed by atoms with Gasteiger partial charge in [-0.3, -0.25) is 14.7 Å². The highest BCUT2D eigenvalue weighted by molar-refractivity contribution is 5.92. The van der Waals surface area contributed by atoms with Crippen LogP contribution in [0.5, 0.6) is 6.01 Å². The molecule has 2 N–H and O–H groups in total. The molecule has 0 bridgehead atoms. The monoisotopic (exact) mass is 705 g/mol. The van der Waals surface area contributed by atoms with Crippen molar-refractivity contribution in [1.29, 1.82) is 0 Å². The van der Waals surface area contributed by atoms with Crippen LogP contribution < -0.4 is 15.4 Å². The van der Waals surface area contributed by atoms with Gasteiger partial charge in [-0.2, -0.15) is 23.1 Å². The number of nitrogen functional groups attached to an aromatic ring is 1. The highest BCUT2D eigenvalue weighted by atomic mass is 19.4. The van der Waals surface area contributed by atoms with E-state index in [0.29, 0.717) is 32.1 Å². The first kappa shape index (κ1) is 37.1. The number of nitrogens with zero attached hydrogens (tertiary/aromatic N) is 8. The number of likely N-dealkylation sites (N-methyl/N-ethyl adjacent to an activating group) is 1. The lowest BCUT2D eigenvalue weighted by Gasteiger charge is -2.27. The second-order valence-electron chi connectivity index (χ2n) is 13.1. The van der Waals surface area contributed by atoms with E-state index >= 15 is 4.39 Å². The molecule has 0 aliphatic carbocycles. The summed E-state index contributed by atoms with van der Waals surface area (Å²) >= 11 is 0. The second kappa shape index (κ2) is 15.4. The van der Waals surface area contributed by atoms with Crippen molar-refractivity contribution in [3.63, 3.8) is 0 Å². The Morgan fingerprint density at radius 1 is 1.10 bits per heavy atom. The van der Waals surface area contributed by atoms with Gasteiger partial charge in [-0.1, -0.05) is 6.58 Å². The van der Waals surface area contributed by atoms with E-state index in [1.54, 1.807) is 16.8 Å². The lowest BCUT2D eigenvalue weighted by atomic mass is 10.0. The Morgan fingerprint density at radius 2 is 1.82 bits per heavy atom. The molecule has 4 fully saturated rings. The number of halogens is 5. The summed E-state index contributed by atoms with van der Waals surface area (Å²) in [6.07, 6.45) is 2.44. The van der Waals surface area contributed by atoms with E-state index in [4.69, 9.17) is 10.5 Å². The number of alkyl halides is 4. The molecule has 7 rings (SSSR count). The van der Waals surface area contributed by atoms with Gasteiger partial charge in [-0.25, -0.2) is 13.8 Å². The molecule has 0 spiro atoms. The van der Waals surface area contributed by atoms with Gasteiger partial charge in [0.15, 0.2) is 5.82 Å². The molecule has 16 heteroatoms. The van der Waals surface area contributed by atoms with E-state index in [9.17, 15) is 22.4 Å². The highest BCUT2D eigenvalue weighted by Gasteiger charge is 2.39. The van der Waals surface area contributed by atoms with Crippen LogP contribution in [-0.2, 0) is 11.0 Å². The van der Waals surface area contributed by atoms with Gasteiger partial charge in [-0.05, 0) is 83.4 Å². The Bertz CT molecular complexity index is 1690. The van der Waals surface area contributed by atoms with Crippen molar-refractivity contribution >= 4 is 28.4 Å². The zero-order chi connectivity index (χ0) is 36.3. The number of anilines is 2. The van der Waals surface area contributed by atoms with Gasteiger partial charge >= 0.3 is 12.2 Å². The SMILES string of the molecule is C=CC(=O)N1CCC(N(C)c2nc(OC)nc3c(F)c(-c4nc(N)cc(C)c4C(F)(F)F)ncc23)C1.CN1CCC1.FC1CC2CCCN2C1. The van der Waals surface area contributed by atoms with Crippen molar-refractivity contribution in [1.82, 2.24) is 34.6 Å². The lowest BCUT2D eigenvalue weighted by Crippen LogP contribution is -2.36. The van der Waals surface area contributed by atoms with E-state index in [1.807, 2.05) is 0 Å². The number of amides is 1. The fraction of sp³-hybridized carbons (Fsp3) is 0.559. The number of carbonyl (C=O) groups excluding carboxylic acids is 1. The molecule has 50 heavy (non-hydrogen) atoms. The van der Waals surface area contributed by atoms with Crippen LogP contribution in [-0.4, -0.2) is 119 Å². The van der Waals surface area contributed by atoms with Crippen LogP contribution in [0.15, 0.2) is 24.9 Å². The molecule has 3 unspecified atom stereocenters. The first-order valence-corrected chi connectivity index (χ1v) is 16.7. The van der Waals surface area contributed by atoms with Crippen molar-refractivity contribution in [2.75, 3.05) is 71.1 Å². The molecule has 1 amide bonds. The summed E-state index contributed by atoms with van der Waals surface area (Å²) < 4.78 is 75.0. The third kappa shape index (κ3) is 8.06. The molecule has 7 heterocycles. The number of ether oxygens (including phenoxy) is 1. The number of pyridine rings is 2. The first-order chi connectivity index (χ1) is 23.7. The van der Waals surface area contributed by atoms with Crippen molar-refractivity contribution in [2.24, 2.45) is 0 Å². The smallest absolute Gasteiger partial charge is 0.418 e. The molecule has 3 aromatic rings. The minimum absolute atomic E-state index is 0.155. The van der Waals surface area contributed by atoms with Gasteiger partial charge in [0.25, 0.3) is 0 Å². The van der Waals surface area contributed by atoms with E-state index < -0.39 is 35.1 Å². The third-order valence-corrected chi connectivity index (χ3v) is 9.64. The standard InChI is InChI=1S/C23H23F4N7O2.C7H12FN.C4H9N/c1-5-15(35)34-7-6-12(10-34)33(3)21-13-9-29-20(17(24)18(13)31-22(32-21)36-4)19-16(23(25,26)27)11(2)8-14(28)30-19;8-6-4-7-2-1-3-9(7)5-6;1-5-3-2-4-5/h5,8-9,12H,1,6-7,10H2,2-4H3,(H2,28,30);6-7H,1-5H2;2-4H2,1H3. The number of rotatable bonds is 5. The summed E-state index contributed by atoms with van der Waals surface area (Å²) in [6, 6.07) is 1.31. The predicted molar refractivity (Wildman–Crippen MR) is 181 cm³/mol. The number of likely N-dealkylation sites (tertiary alicyclic amines) is 2. The van der Waals surface area contributed by atoms with E-state index in [2.05, 4.69) is 43.4 Å². The van der Waals surface area contributed by atoms with Crippen LogP contribution in [0.3, 0.4) is 0 Å². The maximum Gasteiger partial charge on any atom is 0.418 e. The molecule has 0 aromatic carbocycles. The van der Waals surface area contributed by atoms with Crippen molar-refractivity contribution in [3.05, 3.63) is 41.9 Å². The molecule has 0 saturated carbocycles. The molecule has 0 radical (unpaired) electrons. The number of hydrogen-bond donors (Lipinski definition) is 1. The number of hydrogen-bond acceptors (Lipinski definition) is 10. The van der Waals surface area contributed by atoms with Gasteiger partial charge in [0.2, 0.25) is 5.91 Å². The van der Waals surface area contributed by atoms with Gasteiger partial charge < -0.3 is 25.2 Å². The maximum atomic E-state index is 15.8. The van der Waals surface area contributed by atoms with Crippen LogP contribution >= 0.6 is 0 Å². The summed E-state index contributed by atoms with van der Waals surface area (Å²) in [4.78, 5) is 36.1. The zero-order valence-corrected chi connectivity index (χ0v) is 28.8. The lowest BCUT2D eigenvalue weighted by molar-refractivity contribution is -0.137. The van der Waals surface area contributed by atoms with Crippen LogP contribution in [0.1, 0.15) is 43.2 Å². The summed E-state index contributed by atoms with van der Waals surface area (Å²) in [5.41, 5.74) is 2.65. The quantitative estimate of drug-likeness (QED) is 0.291. The predicted octanol–water partition coefficient (Wildman–Crippen LogP) is 4.88. The van der Waals surface area contributed by atoms with Crippen LogP contribution in [0.25, 0.3) is 22.3 Å². The maximum absolute atomic E-state index is 15.8. The largest absolute Gasteiger partial charge is 0.467 e.